The number of aryl methyl sites for hydroxylation is 1. The number of carbonyl (C=O) groups excluding carboxylic acids is 1. The first-order valence-corrected chi connectivity index (χ1v) is 7.91. The third kappa shape index (κ3) is 3.69. The number of nitrogens with one attached hydrogen (secondary N) is 2. The van der Waals surface area contributed by atoms with Crippen molar-refractivity contribution >= 4 is 41.3 Å². The summed E-state index contributed by atoms with van der Waals surface area (Å²) in [5.41, 5.74) is 0.638. The fourth-order valence-corrected chi connectivity index (χ4v) is 3.15. The second kappa shape index (κ2) is 7.26. The van der Waals surface area contributed by atoms with E-state index in [1.54, 1.807) is 25.1 Å². The number of H-pyrrole nitrogens is 1. The van der Waals surface area contributed by atoms with Crippen molar-refractivity contribution < 1.29 is 4.79 Å². The number of hydrogen-bond acceptors (Lipinski definition) is 3. The highest BCUT2D eigenvalue weighted by molar-refractivity contribution is 7.71. The van der Waals surface area contributed by atoms with Gasteiger partial charge in [-0.05, 0) is 38.2 Å². The largest absolute Gasteiger partial charge is 0.354 e. The quantitative estimate of drug-likeness (QED) is 0.804. The smallest absolute Gasteiger partial charge is 0.227 e. The van der Waals surface area contributed by atoms with E-state index in [2.05, 4.69) is 15.5 Å². The lowest BCUT2D eigenvalue weighted by molar-refractivity contribution is -0.122. The molecule has 0 saturated carbocycles. The van der Waals surface area contributed by atoms with Crippen LogP contribution in [0, 0.1) is 11.7 Å². The van der Waals surface area contributed by atoms with E-state index in [0.717, 1.165) is 5.82 Å². The Kier molecular flexibility index (Phi) is 5.61. The molecule has 1 aromatic carbocycles. The van der Waals surface area contributed by atoms with E-state index >= 15 is 0 Å². The van der Waals surface area contributed by atoms with Gasteiger partial charge in [-0.3, -0.25) is 9.89 Å². The fraction of sp³-hybridized carbons (Fsp3) is 0.357. The number of aromatic amines is 1. The van der Waals surface area contributed by atoms with E-state index in [9.17, 15) is 4.79 Å². The van der Waals surface area contributed by atoms with Crippen LogP contribution in [-0.2, 0) is 11.3 Å². The molecular formula is C14H16Cl2N4OS. The number of rotatable bonds is 5. The lowest BCUT2D eigenvalue weighted by Crippen LogP contribution is -2.31. The van der Waals surface area contributed by atoms with Gasteiger partial charge in [0.25, 0.3) is 0 Å². The Morgan fingerprint density at radius 3 is 2.64 bits per heavy atom. The Morgan fingerprint density at radius 1 is 1.45 bits per heavy atom. The highest BCUT2D eigenvalue weighted by Gasteiger charge is 2.20. The molecule has 22 heavy (non-hydrogen) atoms. The Bertz CT molecular complexity index is 720. The van der Waals surface area contributed by atoms with Crippen LogP contribution in [0.2, 0.25) is 10.0 Å². The van der Waals surface area contributed by atoms with Gasteiger partial charge in [-0.25, -0.2) is 0 Å². The summed E-state index contributed by atoms with van der Waals surface area (Å²) in [6.07, 6.45) is 0. The molecule has 1 amide bonds. The highest BCUT2D eigenvalue weighted by Crippen LogP contribution is 2.31. The Hall–Kier alpha value is -1.37. The van der Waals surface area contributed by atoms with Crippen LogP contribution >= 0.6 is 35.4 Å². The Balaban J connectivity index is 1.99. The molecule has 0 fully saturated rings. The fourth-order valence-electron chi connectivity index (χ4n) is 2.16. The van der Waals surface area contributed by atoms with E-state index in [1.807, 2.05) is 11.5 Å². The van der Waals surface area contributed by atoms with Crippen molar-refractivity contribution in [3.63, 3.8) is 0 Å². The van der Waals surface area contributed by atoms with Gasteiger partial charge < -0.3 is 9.88 Å². The van der Waals surface area contributed by atoms with Crippen molar-refractivity contribution in [1.82, 2.24) is 20.1 Å². The second-order valence-corrected chi connectivity index (χ2v) is 6.08. The molecule has 0 bridgehead atoms. The number of nitrogens with zero attached hydrogens (tertiary/aromatic N) is 2. The summed E-state index contributed by atoms with van der Waals surface area (Å²) >= 11 is 17.4. The molecule has 1 heterocycles. The van der Waals surface area contributed by atoms with Crippen molar-refractivity contribution in [3.05, 3.63) is 44.4 Å². The maximum absolute atomic E-state index is 12.3. The molecule has 118 valence electrons. The molecule has 0 saturated heterocycles. The van der Waals surface area contributed by atoms with Crippen LogP contribution in [0.15, 0.2) is 18.2 Å². The minimum Gasteiger partial charge on any atom is -0.354 e. The van der Waals surface area contributed by atoms with Crippen molar-refractivity contribution in [2.45, 2.75) is 26.3 Å². The van der Waals surface area contributed by atoms with Crippen LogP contribution in [0.4, 0.5) is 0 Å². The molecule has 2 aromatic rings. The van der Waals surface area contributed by atoms with E-state index in [-0.39, 0.29) is 5.91 Å². The van der Waals surface area contributed by atoms with Gasteiger partial charge in [0.15, 0.2) is 4.77 Å². The molecule has 1 atom stereocenters. The average Bonchev–Trinajstić information content (AvgIpc) is 2.78. The molecule has 0 spiro atoms. The molecule has 2 N–H and O–H groups in total. The first-order valence-electron chi connectivity index (χ1n) is 6.75. The molecule has 5 nitrogen and oxygen atoms in total. The minimum atomic E-state index is -0.431. The van der Waals surface area contributed by atoms with Crippen LogP contribution < -0.4 is 5.32 Å². The lowest BCUT2D eigenvalue weighted by atomic mass is 10.0. The topological polar surface area (TPSA) is 62.7 Å². The van der Waals surface area contributed by atoms with Crippen molar-refractivity contribution in [1.29, 1.82) is 0 Å². The standard InChI is InChI=1S/C14H16Cl2N4OS/c1-8(12-10(15)4-3-5-11(12)16)13(21)17-6-7-20-9(2)18-19-14(20)22/h3-5,8H,6-7H2,1-2H3,(H,17,21)(H,19,22)/t8-/m0/s1. The molecule has 2 rings (SSSR count). The van der Waals surface area contributed by atoms with Gasteiger partial charge in [-0.1, -0.05) is 29.3 Å². The predicted molar refractivity (Wildman–Crippen MR) is 90.0 cm³/mol. The van der Waals surface area contributed by atoms with Gasteiger partial charge in [-0.2, -0.15) is 5.10 Å². The SMILES string of the molecule is Cc1n[nH]c(=S)n1CCNC(=O)[C@@H](C)c1c(Cl)cccc1Cl. The second-order valence-electron chi connectivity index (χ2n) is 4.88. The van der Waals surface area contributed by atoms with E-state index in [4.69, 9.17) is 35.4 Å². The third-order valence-corrected chi connectivity index (χ3v) is 4.38. The Morgan fingerprint density at radius 2 is 2.09 bits per heavy atom. The summed E-state index contributed by atoms with van der Waals surface area (Å²) in [7, 11) is 0. The normalized spacial score (nSPS) is 12.2. The monoisotopic (exact) mass is 358 g/mol. The summed E-state index contributed by atoms with van der Waals surface area (Å²) in [4.78, 5) is 12.3. The number of benzene rings is 1. The zero-order valence-corrected chi connectivity index (χ0v) is 14.5. The van der Waals surface area contributed by atoms with Gasteiger partial charge in [0.2, 0.25) is 5.91 Å². The summed E-state index contributed by atoms with van der Waals surface area (Å²) in [6.45, 7) is 4.62. The van der Waals surface area contributed by atoms with Crippen molar-refractivity contribution in [2.24, 2.45) is 0 Å². The van der Waals surface area contributed by atoms with E-state index < -0.39 is 5.92 Å². The summed E-state index contributed by atoms with van der Waals surface area (Å²) in [5.74, 6) is 0.212. The molecule has 0 unspecified atom stereocenters. The van der Waals surface area contributed by atoms with Crippen molar-refractivity contribution in [2.75, 3.05) is 6.54 Å². The van der Waals surface area contributed by atoms with Gasteiger partial charge in [0.1, 0.15) is 5.82 Å². The van der Waals surface area contributed by atoms with Crippen molar-refractivity contribution in [3.8, 4) is 0 Å². The zero-order valence-electron chi connectivity index (χ0n) is 12.2. The predicted octanol–water partition coefficient (Wildman–Crippen LogP) is 3.48. The van der Waals surface area contributed by atoms with Crippen LogP contribution in [-0.4, -0.2) is 27.2 Å². The molecule has 0 aliphatic heterocycles. The molecule has 1 aromatic heterocycles. The summed E-state index contributed by atoms with van der Waals surface area (Å²) in [6, 6.07) is 5.20. The van der Waals surface area contributed by atoms with Gasteiger partial charge >= 0.3 is 0 Å². The first-order chi connectivity index (χ1) is 10.4. The maximum atomic E-state index is 12.3. The lowest BCUT2D eigenvalue weighted by Gasteiger charge is -2.15. The van der Waals surface area contributed by atoms with Gasteiger partial charge in [0.05, 0.1) is 5.92 Å². The minimum absolute atomic E-state index is 0.136. The van der Waals surface area contributed by atoms with Gasteiger partial charge in [-0.15, -0.1) is 0 Å². The molecule has 0 aliphatic rings. The molecule has 0 aliphatic carbocycles. The summed E-state index contributed by atoms with van der Waals surface area (Å²) in [5, 5.41) is 10.6. The van der Waals surface area contributed by atoms with Crippen LogP contribution in [0.25, 0.3) is 0 Å². The molecular weight excluding hydrogens is 343 g/mol. The van der Waals surface area contributed by atoms with Crippen LogP contribution in [0.5, 0.6) is 0 Å². The van der Waals surface area contributed by atoms with Crippen LogP contribution in [0.1, 0.15) is 24.2 Å². The van der Waals surface area contributed by atoms with Crippen LogP contribution in [0.3, 0.4) is 0 Å². The van der Waals surface area contributed by atoms with Gasteiger partial charge in [0, 0.05) is 28.7 Å². The zero-order chi connectivity index (χ0) is 16.3. The number of aromatic nitrogens is 3. The average molecular weight is 359 g/mol. The molecule has 8 heteroatoms. The first kappa shape index (κ1) is 17.0. The van der Waals surface area contributed by atoms with E-state index in [1.165, 1.54) is 0 Å². The number of amides is 1. The Labute approximate surface area is 143 Å². The highest BCUT2D eigenvalue weighted by atomic mass is 35.5. The molecule has 0 radical (unpaired) electrons. The third-order valence-electron chi connectivity index (χ3n) is 3.41. The summed E-state index contributed by atoms with van der Waals surface area (Å²) < 4.78 is 2.36. The maximum Gasteiger partial charge on any atom is 0.227 e. The number of hydrogen-bond donors (Lipinski definition) is 2. The number of carbonyl (C=O) groups is 1. The van der Waals surface area contributed by atoms with E-state index in [0.29, 0.717) is 33.5 Å². The number of halogens is 2.